The number of nitrogens with zero attached hydrogens (tertiary/aromatic N) is 5. The molecule has 4 aromatic rings. The third-order valence-electron chi connectivity index (χ3n) is 4.25. The Balaban J connectivity index is 1.37. The van der Waals surface area contributed by atoms with E-state index in [4.69, 9.17) is 0 Å². The summed E-state index contributed by atoms with van der Waals surface area (Å²) in [5, 5.41) is 18.1. The second kappa shape index (κ2) is 8.27. The van der Waals surface area contributed by atoms with Crippen molar-refractivity contribution in [1.29, 1.82) is 0 Å². The summed E-state index contributed by atoms with van der Waals surface area (Å²) in [4.78, 5) is 28.5. The first-order chi connectivity index (χ1) is 14.6. The number of benzene rings is 2. The second-order valence-corrected chi connectivity index (χ2v) is 6.34. The largest absolute Gasteiger partial charge is 0.504 e. The molecule has 2 aromatic heterocycles. The lowest BCUT2D eigenvalue weighted by Crippen LogP contribution is -2.41. The molecule has 0 bridgehead atoms. The third kappa shape index (κ3) is 4.17. The molecule has 0 aliphatic carbocycles. The first-order valence-electron chi connectivity index (χ1n) is 8.96. The maximum absolute atomic E-state index is 12.3. The second-order valence-electron chi connectivity index (χ2n) is 6.34. The molecule has 2 aromatic carbocycles. The summed E-state index contributed by atoms with van der Waals surface area (Å²) < 4.78 is 3.04. The Morgan fingerprint density at radius 1 is 0.967 bits per heavy atom. The fourth-order valence-electron chi connectivity index (χ4n) is 2.75. The normalized spacial score (nSPS) is 10.5. The number of para-hydroxylation sites is 1. The fraction of sp³-hybridized carbons (Fsp3) is 0.0500. The minimum absolute atomic E-state index is 0.206. The van der Waals surface area contributed by atoms with Crippen LogP contribution in [0.15, 0.2) is 73.4 Å². The van der Waals surface area contributed by atoms with Gasteiger partial charge >= 0.3 is 0 Å². The van der Waals surface area contributed by atoms with E-state index in [-0.39, 0.29) is 11.4 Å². The Kier molecular flexibility index (Phi) is 5.20. The summed E-state index contributed by atoms with van der Waals surface area (Å²) in [6, 6.07) is 15.9. The first kappa shape index (κ1) is 18.9. The number of carbonyl (C=O) groups excluding carboxylic acids is 2. The van der Waals surface area contributed by atoms with Gasteiger partial charge in [-0.15, -0.1) is 0 Å². The van der Waals surface area contributed by atoms with Gasteiger partial charge in [0.15, 0.2) is 11.4 Å². The molecule has 0 fully saturated rings. The average molecular weight is 403 g/mol. The molecule has 2 amide bonds. The zero-order valence-corrected chi connectivity index (χ0v) is 15.6. The van der Waals surface area contributed by atoms with Gasteiger partial charge in [0.25, 0.3) is 11.8 Å². The maximum Gasteiger partial charge on any atom is 0.294 e. The highest BCUT2D eigenvalue weighted by atomic mass is 16.3. The minimum atomic E-state index is -0.738. The smallest absolute Gasteiger partial charge is 0.294 e. The number of nitrogens with one attached hydrogen (secondary N) is 2. The van der Waals surface area contributed by atoms with Crippen LogP contribution in [0, 0.1) is 0 Å². The van der Waals surface area contributed by atoms with Crippen molar-refractivity contribution in [3.05, 3.63) is 90.3 Å². The summed E-state index contributed by atoms with van der Waals surface area (Å²) >= 11 is 0. The molecule has 0 unspecified atom stereocenters. The van der Waals surface area contributed by atoms with Crippen LogP contribution in [-0.4, -0.2) is 41.5 Å². The molecule has 0 saturated carbocycles. The van der Waals surface area contributed by atoms with E-state index in [0.29, 0.717) is 17.8 Å². The lowest BCUT2D eigenvalue weighted by atomic mass is 10.1. The van der Waals surface area contributed by atoms with Gasteiger partial charge < -0.3 is 5.11 Å². The summed E-state index contributed by atoms with van der Waals surface area (Å²) in [6.45, 7) is 0.530. The van der Waals surface area contributed by atoms with Gasteiger partial charge in [0.2, 0.25) is 0 Å². The number of hydrogen-bond acceptors (Lipinski definition) is 6. The molecule has 0 saturated heterocycles. The van der Waals surface area contributed by atoms with Crippen molar-refractivity contribution in [1.82, 2.24) is 35.4 Å². The molecular weight excluding hydrogens is 386 g/mol. The van der Waals surface area contributed by atoms with Crippen molar-refractivity contribution in [2.75, 3.05) is 0 Å². The predicted molar refractivity (Wildman–Crippen MR) is 106 cm³/mol. The number of amides is 2. The molecular formula is C20H17N7O3. The van der Waals surface area contributed by atoms with Crippen molar-refractivity contribution >= 4 is 11.8 Å². The Bertz CT molecular complexity index is 1150. The van der Waals surface area contributed by atoms with Crippen molar-refractivity contribution in [2.24, 2.45) is 0 Å². The zero-order chi connectivity index (χ0) is 20.9. The van der Waals surface area contributed by atoms with E-state index < -0.39 is 11.8 Å². The fourth-order valence-corrected chi connectivity index (χ4v) is 2.75. The number of hydrazine groups is 1. The van der Waals surface area contributed by atoms with Crippen LogP contribution in [-0.2, 0) is 6.54 Å². The molecule has 3 N–H and O–H groups in total. The lowest BCUT2D eigenvalue weighted by molar-refractivity contribution is 0.0842. The monoisotopic (exact) mass is 403 g/mol. The quantitative estimate of drug-likeness (QED) is 0.431. The van der Waals surface area contributed by atoms with Gasteiger partial charge in [-0.2, -0.15) is 10.2 Å². The zero-order valence-electron chi connectivity index (χ0n) is 15.6. The summed E-state index contributed by atoms with van der Waals surface area (Å²) in [5.74, 6) is -1.54. The van der Waals surface area contributed by atoms with Crippen LogP contribution in [0.5, 0.6) is 5.75 Å². The van der Waals surface area contributed by atoms with Crippen molar-refractivity contribution in [2.45, 2.75) is 6.54 Å². The van der Waals surface area contributed by atoms with E-state index in [1.807, 2.05) is 18.2 Å². The van der Waals surface area contributed by atoms with Gasteiger partial charge in [-0.25, -0.2) is 14.3 Å². The maximum atomic E-state index is 12.3. The van der Waals surface area contributed by atoms with Crippen LogP contribution in [0.3, 0.4) is 0 Å². The van der Waals surface area contributed by atoms with Gasteiger partial charge in [-0.1, -0.05) is 30.3 Å². The summed E-state index contributed by atoms with van der Waals surface area (Å²) in [6.07, 6.45) is 4.37. The molecule has 0 radical (unpaired) electrons. The molecule has 150 valence electrons. The van der Waals surface area contributed by atoms with Crippen LogP contribution in [0.2, 0.25) is 0 Å². The number of aromatic nitrogens is 5. The molecule has 0 aliphatic heterocycles. The van der Waals surface area contributed by atoms with E-state index in [9.17, 15) is 14.7 Å². The first-order valence-corrected chi connectivity index (χ1v) is 8.96. The van der Waals surface area contributed by atoms with Crippen LogP contribution in [0.4, 0.5) is 0 Å². The molecule has 0 atom stereocenters. The van der Waals surface area contributed by atoms with E-state index in [0.717, 1.165) is 5.56 Å². The molecule has 2 heterocycles. The summed E-state index contributed by atoms with van der Waals surface area (Å²) in [7, 11) is 0. The number of carbonyl (C=O) groups is 2. The molecule has 10 heteroatoms. The van der Waals surface area contributed by atoms with E-state index >= 15 is 0 Å². The van der Waals surface area contributed by atoms with E-state index in [1.165, 1.54) is 17.2 Å². The molecule has 10 nitrogen and oxygen atoms in total. The van der Waals surface area contributed by atoms with Crippen LogP contribution in [0.1, 0.15) is 26.4 Å². The average Bonchev–Trinajstić information content (AvgIpc) is 3.42. The van der Waals surface area contributed by atoms with Gasteiger partial charge in [0.05, 0.1) is 18.4 Å². The van der Waals surface area contributed by atoms with Crippen molar-refractivity contribution in [3.8, 4) is 11.4 Å². The third-order valence-corrected chi connectivity index (χ3v) is 4.25. The lowest BCUT2D eigenvalue weighted by Gasteiger charge is -2.07. The number of rotatable bonds is 5. The molecule has 0 aliphatic rings. The number of hydrogen-bond donors (Lipinski definition) is 3. The van der Waals surface area contributed by atoms with Gasteiger partial charge in [0, 0.05) is 5.56 Å². The molecule has 30 heavy (non-hydrogen) atoms. The Morgan fingerprint density at radius 3 is 2.40 bits per heavy atom. The van der Waals surface area contributed by atoms with E-state index in [2.05, 4.69) is 26.0 Å². The van der Waals surface area contributed by atoms with Crippen LogP contribution < -0.4 is 10.9 Å². The van der Waals surface area contributed by atoms with Crippen molar-refractivity contribution < 1.29 is 14.7 Å². The summed E-state index contributed by atoms with van der Waals surface area (Å²) in [5.41, 5.74) is 6.35. The Morgan fingerprint density at radius 2 is 1.70 bits per heavy atom. The van der Waals surface area contributed by atoms with Crippen LogP contribution >= 0.6 is 0 Å². The molecule has 4 rings (SSSR count). The van der Waals surface area contributed by atoms with Gasteiger partial charge in [-0.05, 0) is 29.8 Å². The topological polar surface area (TPSA) is 127 Å². The van der Waals surface area contributed by atoms with Gasteiger partial charge in [-0.3, -0.25) is 20.4 Å². The Labute approximate surface area is 170 Å². The number of aromatic hydroxyl groups is 1. The Hall–Kier alpha value is -4.47. The van der Waals surface area contributed by atoms with Crippen LogP contribution in [0.25, 0.3) is 5.69 Å². The minimum Gasteiger partial charge on any atom is -0.504 e. The van der Waals surface area contributed by atoms with Crippen molar-refractivity contribution in [3.63, 3.8) is 0 Å². The van der Waals surface area contributed by atoms with Gasteiger partial charge in [0.1, 0.15) is 12.7 Å². The highest BCUT2D eigenvalue weighted by Gasteiger charge is 2.18. The molecule has 0 spiro atoms. The highest BCUT2D eigenvalue weighted by molar-refractivity contribution is 5.99. The standard InChI is InChI=1S/C20H17N7O3/c28-17-11-27(16-4-2-1-3-5-16)25-18(17)20(30)24-23-19(29)15-8-6-14(7-9-15)10-26-13-21-12-22-26/h1-9,11-13,28H,10H2,(H,23,29)(H,24,30). The van der Waals surface area contributed by atoms with E-state index in [1.54, 1.807) is 47.4 Å². The highest BCUT2D eigenvalue weighted by Crippen LogP contribution is 2.17. The predicted octanol–water partition coefficient (Wildman–Crippen LogP) is 1.29. The SMILES string of the molecule is O=C(NNC(=O)c1nn(-c2ccccc2)cc1O)c1ccc(Cn2cncn2)cc1.